The van der Waals surface area contributed by atoms with Crippen molar-refractivity contribution in [2.24, 2.45) is 0 Å². The number of nitro benzene ring substituents is 1. The van der Waals surface area contributed by atoms with Crippen LogP contribution in [0.4, 0.5) is 11.4 Å². The third-order valence-electron chi connectivity index (χ3n) is 2.64. The van der Waals surface area contributed by atoms with Crippen molar-refractivity contribution in [1.29, 1.82) is 0 Å². The second-order valence-electron chi connectivity index (χ2n) is 4.15. The first-order valence-electron chi connectivity index (χ1n) is 6.04. The molecule has 0 spiro atoms. The fraction of sp³-hybridized carbons (Fsp3) is 0. The number of halogens is 1. The zero-order chi connectivity index (χ0) is 15.2. The Morgan fingerprint density at radius 3 is 2.67 bits per heavy atom. The van der Waals surface area contributed by atoms with Crippen molar-refractivity contribution in [2.75, 3.05) is 5.32 Å². The molecule has 5 nitrogen and oxygen atoms in total. The quantitative estimate of drug-likeness (QED) is 0.529. The van der Waals surface area contributed by atoms with Crippen LogP contribution in [0.15, 0.2) is 54.6 Å². The van der Waals surface area contributed by atoms with Crippen molar-refractivity contribution in [3.05, 3.63) is 75.3 Å². The van der Waals surface area contributed by atoms with E-state index in [1.807, 2.05) is 0 Å². The predicted molar refractivity (Wildman–Crippen MR) is 82.2 cm³/mol. The molecule has 0 atom stereocenters. The topological polar surface area (TPSA) is 72.2 Å². The summed E-state index contributed by atoms with van der Waals surface area (Å²) in [6.07, 6.45) is 2.64. The van der Waals surface area contributed by atoms with E-state index in [0.717, 1.165) is 0 Å². The monoisotopic (exact) mass is 302 g/mol. The highest BCUT2D eigenvalue weighted by atomic mass is 35.5. The molecule has 2 aromatic rings. The van der Waals surface area contributed by atoms with Gasteiger partial charge in [-0.2, -0.15) is 0 Å². The third kappa shape index (κ3) is 4.15. The number of amides is 1. The van der Waals surface area contributed by atoms with Crippen LogP contribution in [-0.2, 0) is 4.79 Å². The molecule has 0 saturated carbocycles. The Bertz CT molecular complexity index is 714. The van der Waals surface area contributed by atoms with Crippen LogP contribution >= 0.6 is 11.6 Å². The highest BCUT2D eigenvalue weighted by Gasteiger charge is 2.09. The highest BCUT2D eigenvalue weighted by Crippen LogP contribution is 2.19. The summed E-state index contributed by atoms with van der Waals surface area (Å²) in [5, 5.41) is 14.0. The van der Waals surface area contributed by atoms with E-state index >= 15 is 0 Å². The zero-order valence-electron chi connectivity index (χ0n) is 10.8. The standard InChI is InChI=1S/C15H11ClN2O3/c16-12-5-3-6-13(10-12)17-15(19)9-8-11-4-1-2-7-14(11)18(20)21/h1-10H,(H,17,19). The number of hydrogen-bond acceptors (Lipinski definition) is 3. The zero-order valence-corrected chi connectivity index (χ0v) is 11.6. The molecule has 0 aromatic heterocycles. The largest absolute Gasteiger partial charge is 0.322 e. The third-order valence-corrected chi connectivity index (χ3v) is 2.87. The molecule has 0 heterocycles. The molecule has 0 unspecified atom stereocenters. The number of hydrogen-bond donors (Lipinski definition) is 1. The molecular weight excluding hydrogens is 292 g/mol. The number of para-hydroxylation sites is 1. The van der Waals surface area contributed by atoms with E-state index in [1.165, 1.54) is 18.2 Å². The maximum absolute atomic E-state index is 11.8. The van der Waals surface area contributed by atoms with Gasteiger partial charge in [0, 0.05) is 22.9 Å². The maximum Gasteiger partial charge on any atom is 0.276 e. The Morgan fingerprint density at radius 2 is 1.95 bits per heavy atom. The van der Waals surface area contributed by atoms with Crippen molar-refractivity contribution in [1.82, 2.24) is 0 Å². The molecular formula is C15H11ClN2O3. The lowest BCUT2D eigenvalue weighted by Gasteiger charge is -2.02. The summed E-state index contributed by atoms with van der Waals surface area (Å²) in [6, 6.07) is 12.9. The van der Waals surface area contributed by atoms with Gasteiger partial charge in [0.1, 0.15) is 0 Å². The molecule has 1 amide bonds. The normalized spacial score (nSPS) is 10.5. The lowest BCUT2D eigenvalue weighted by Crippen LogP contribution is -2.07. The van der Waals surface area contributed by atoms with Crippen LogP contribution in [0, 0.1) is 10.1 Å². The Labute approximate surface area is 126 Å². The number of benzene rings is 2. The van der Waals surface area contributed by atoms with Gasteiger partial charge in [-0.15, -0.1) is 0 Å². The lowest BCUT2D eigenvalue weighted by molar-refractivity contribution is -0.385. The molecule has 0 bridgehead atoms. The number of carbonyl (C=O) groups excluding carboxylic acids is 1. The molecule has 0 fully saturated rings. The van der Waals surface area contributed by atoms with E-state index in [9.17, 15) is 14.9 Å². The SMILES string of the molecule is O=C(C=Cc1ccccc1[N+](=O)[O-])Nc1cccc(Cl)c1. The molecule has 1 N–H and O–H groups in total. The molecule has 2 aromatic carbocycles. The van der Waals surface area contributed by atoms with E-state index < -0.39 is 10.8 Å². The van der Waals surface area contributed by atoms with Gasteiger partial charge in [0.15, 0.2) is 0 Å². The van der Waals surface area contributed by atoms with E-state index in [-0.39, 0.29) is 5.69 Å². The van der Waals surface area contributed by atoms with Gasteiger partial charge in [-0.3, -0.25) is 14.9 Å². The number of carbonyl (C=O) groups is 1. The van der Waals surface area contributed by atoms with Crippen LogP contribution in [-0.4, -0.2) is 10.8 Å². The summed E-state index contributed by atoms with van der Waals surface area (Å²) in [5.41, 5.74) is 0.868. The first kappa shape index (κ1) is 14.7. The van der Waals surface area contributed by atoms with Gasteiger partial charge in [-0.25, -0.2) is 0 Å². The van der Waals surface area contributed by atoms with Crippen molar-refractivity contribution in [2.45, 2.75) is 0 Å². The van der Waals surface area contributed by atoms with Gasteiger partial charge < -0.3 is 5.32 Å². The van der Waals surface area contributed by atoms with Gasteiger partial charge in [-0.05, 0) is 30.3 Å². The summed E-state index contributed by atoms with van der Waals surface area (Å²) in [4.78, 5) is 22.1. The summed E-state index contributed by atoms with van der Waals surface area (Å²) in [5.74, 6) is -0.393. The van der Waals surface area contributed by atoms with Gasteiger partial charge >= 0.3 is 0 Å². The summed E-state index contributed by atoms with van der Waals surface area (Å²) in [6.45, 7) is 0. The van der Waals surface area contributed by atoms with Gasteiger partial charge in [0.25, 0.3) is 5.69 Å². The number of anilines is 1. The van der Waals surface area contributed by atoms with Gasteiger partial charge in [0.05, 0.1) is 10.5 Å². The summed E-state index contributed by atoms with van der Waals surface area (Å²) < 4.78 is 0. The number of nitrogens with one attached hydrogen (secondary N) is 1. The van der Waals surface area contributed by atoms with E-state index in [1.54, 1.807) is 42.5 Å². The lowest BCUT2D eigenvalue weighted by atomic mass is 10.1. The second kappa shape index (κ2) is 6.67. The fourth-order valence-corrected chi connectivity index (χ4v) is 1.90. The number of rotatable bonds is 4. The number of nitrogens with zero attached hydrogens (tertiary/aromatic N) is 1. The molecule has 0 radical (unpaired) electrons. The Hall–Kier alpha value is -2.66. The molecule has 0 saturated heterocycles. The van der Waals surface area contributed by atoms with E-state index in [0.29, 0.717) is 16.3 Å². The number of nitro groups is 1. The van der Waals surface area contributed by atoms with Crippen LogP contribution in [0.25, 0.3) is 6.08 Å². The first-order chi connectivity index (χ1) is 10.1. The van der Waals surface area contributed by atoms with Gasteiger partial charge in [-0.1, -0.05) is 29.8 Å². The van der Waals surface area contributed by atoms with Crippen molar-refractivity contribution >= 4 is 35.0 Å². The van der Waals surface area contributed by atoms with Crippen LogP contribution in [0.2, 0.25) is 5.02 Å². The van der Waals surface area contributed by atoms with E-state index in [2.05, 4.69) is 5.32 Å². The summed E-state index contributed by atoms with van der Waals surface area (Å²) in [7, 11) is 0. The van der Waals surface area contributed by atoms with Crippen LogP contribution in [0.3, 0.4) is 0 Å². The molecule has 0 aliphatic carbocycles. The summed E-state index contributed by atoms with van der Waals surface area (Å²) >= 11 is 5.81. The Morgan fingerprint density at radius 1 is 1.19 bits per heavy atom. The molecule has 6 heteroatoms. The molecule has 2 rings (SSSR count). The maximum atomic E-state index is 11.8. The average Bonchev–Trinajstić information content (AvgIpc) is 2.45. The van der Waals surface area contributed by atoms with Crippen LogP contribution in [0.1, 0.15) is 5.56 Å². The van der Waals surface area contributed by atoms with Gasteiger partial charge in [0.2, 0.25) is 5.91 Å². The van der Waals surface area contributed by atoms with Crippen molar-refractivity contribution < 1.29 is 9.72 Å². The predicted octanol–water partition coefficient (Wildman–Crippen LogP) is 3.90. The van der Waals surface area contributed by atoms with E-state index in [4.69, 9.17) is 11.6 Å². The minimum atomic E-state index is -0.492. The van der Waals surface area contributed by atoms with Crippen molar-refractivity contribution in [3.8, 4) is 0 Å². The minimum Gasteiger partial charge on any atom is -0.322 e. The van der Waals surface area contributed by atoms with Crippen LogP contribution in [0.5, 0.6) is 0 Å². The van der Waals surface area contributed by atoms with Crippen molar-refractivity contribution in [3.63, 3.8) is 0 Å². The Balaban J connectivity index is 2.11. The van der Waals surface area contributed by atoms with Crippen LogP contribution < -0.4 is 5.32 Å². The highest BCUT2D eigenvalue weighted by molar-refractivity contribution is 6.30. The fourth-order valence-electron chi connectivity index (χ4n) is 1.71. The first-order valence-corrected chi connectivity index (χ1v) is 6.42. The molecule has 0 aliphatic heterocycles. The average molecular weight is 303 g/mol. The smallest absolute Gasteiger partial charge is 0.276 e. The molecule has 106 valence electrons. The molecule has 21 heavy (non-hydrogen) atoms. The second-order valence-corrected chi connectivity index (χ2v) is 4.59. The minimum absolute atomic E-state index is 0.0516. The molecule has 0 aliphatic rings. The Kier molecular flexibility index (Phi) is 4.68.